The Bertz CT molecular complexity index is 626. The highest BCUT2D eigenvalue weighted by Crippen LogP contribution is 2.34. The molecule has 3 N–H and O–H groups in total. The molecule has 2 rings (SSSR count). The van der Waals surface area contributed by atoms with Gasteiger partial charge in [-0.1, -0.05) is 0 Å². The molecule has 2 aromatic rings. The molecule has 0 bridgehead atoms. The van der Waals surface area contributed by atoms with E-state index >= 15 is 0 Å². The molecule has 0 aliphatic carbocycles. The Morgan fingerprint density at radius 2 is 2.16 bits per heavy atom. The lowest BCUT2D eigenvalue weighted by Crippen LogP contribution is -2.04. The Morgan fingerprint density at radius 1 is 1.42 bits per heavy atom. The summed E-state index contributed by atoms with van der Waals surface area (Å²) in [6.07, 6.45) is 1.76. The summed E-state index contributed by atoms with van der Waals surface area (Å²) in [5, 5.41) is 7.09. The van der Waals surface area contributed by atoms with E-state index in [2.05, 4.69) is 20.2 Å². The summed E-state index contributed by atoms with van der Waals surface area (Å²) in [6.45, 7) is 5.67. The van der Waals surface area contributed by atoms with Crippen LogP contribution in [0.25, 0.3) is 11.1 Å². The van der Waals surface area contributed by atoms with Crippen molar-refractivity contribution in [3.05, 3.63) is 23.5 Å². The number of ether oxygens (including phenoxy) is 1. The van der Waals surface area contributed by atoms with Crippen LogP contribution in [-0.4, -0.2) is 28.1 Å². The lowest BCUT2D eigenvalue weighted by Gasteiger charge is -2.07. The van der Waals surface area contributed by atoms with Gasteiger partial charge < -0.3 is 10.5 Å². The first-order valence-corrected chi connectivity index (χ1v) is 5.89. The van der Waals surface area contributed by atoms with Crippen LogP contribution in [0.4, 0.5) is 5.82 Å². The number of nitrogens with one attached hydrogen (secondary N) is 1. The average Bonchev–Trinajstić information content (AvgIpc) is 2.70. The summed E-state index contributed by atoms with van der Waals surface area (Å²) >= 11 is 0. The quantitative estimate of drug-likeness (QED) is 0.652. The van der Waals surface area contributed by atoms with Crippen molar-refractivity contribution in [1.29, 1.82) is 0 Å². The van der Waals surface area contributed by atoms with E-state index in [-0.39, 0.29) is 0 Å². The van der Waals surface area contributed by atoms with Crippen LogP contribution < -0.4 is 10.5 Å². The van der Waals surface area contributed by atoms with Crippen molar-refractivity contribution in [3.63, 3.8) is 0 Å². The molecular formula is C13H17N5O. The first kappa shape index (κ1) is 13.1. The molecule has 0 fully saturated rings. The number of amidine groups is 1. The second-order valence-electron chi connectivity index (χ2n) is 4.34. The highest BCUT2D eigenvalue weighted by atomic mass is 16.5. The second-order valence-corrected chi connectivity index (χ2v) is 4.34. The van der Waals surface area contributed by atoms with Crippen molar-refractivity contribution in [2.45, 2.75) is 20.8 Å². The lowest BCUT2D eigenvalue weighted by atomic mass is 10.0. The topological polar surface area (TPSA) is 89.2 Å². The molecule has 2 aromatic heterocycles. The van der Waals surface area contributed by atoms with E-state index in [4.69, 9.17) is 10.5 Å². The number of nitrogens with zero attached hydrogens (tertiary/aromatic N) is 3. The van der Waals surface area contributed by atoms with Crippen molar-refractivity contribution >= 4 is 11.7 Å². The fraction of sp³-hybridized carbons (Fsp3) is 0.308. The SMILES string of the molecule is COc1cc(C)c(-c2c(N=C(C)N)n[nH]c2C)cn1. The third kappa shape index (κ3) is 2.57. The Labute approximate surface area is 111 Å². The van der Waals surface area contributed by atoms with Gasteiger partial charge in [0.1, 0.15) is 0 Å². The maximum absolute atomic E-state index is 5.62. The van der Waals surface area contributed by atoms with Crippen LogP contribution in [-0.2, 0) is 0 Å². The molecule has 0 spiro atoms. The van der Waals surface area contributed by atoms with Crippen molar-refractivity contribution < 1.29 is 4.74 Å². The van der Waals surface area contributed by atoms with Gasteiger partial charge in [0.2, 0.25) is 5.88 Å². The highest BCUT2D eigenvalue weighted by Gasteiger charge is 2.15. The summed E-state index contributed by atoms with van der Waals surface area (Å²) in [7, 11) is 1.60. The second kappa shape index (κ2) is 5.09. The monoisotopic (exact) mass is 259 g/mol. The molecule has 0 aliphatic heterocycles. The first-order valence-electron chi connectivity index (χ1n) is 5.89. The first-order chi connectivity index (χ1) is 9.02. The molecular weight excluding hydrogens is 242 g/mol. The number of aromatic nitrogens is 3. The van der Waals surface area contributed by atoms with Crippen LogP contribution in [0.15, 0.2) is 17.3 Å². The molecule has 0 atom stereocenters. The Kier molecular flexibility index (Phi) is 3.50. The van der Waals surface area contributed by atoms with E-state index in [0.29, 0.717) is 17.5 Å². The number of hydrogen-bond donors (Lipinski definition) is 2. The van der Waals surface area contributed by atoms with Gasteiger partial charge in [0.05, 0.1) is 18.5 Å². The number of aryl methyl sites for hydroxylation is 2. The van der Waals surface area contributed by atoms with Gasteiger partial charge in [-0.15, -0.1) is 0 Å². The predicted octanol–water partition coefficient (Wildman–Crippen LogP) is 2.11. The summed E-state index contributed by atoms with van der Waals surface area (Å²) in [4.78, 5) is 8.47. The van der Waals surface area contributed by atoms with Gasteiger partial charge >= 0.3 is 0 Å². The molecule has 6 heteroatoms. The summed E-state index contributed by atoms with van der Waals surface area (Å²) in [5.41, 5.74) is 9.47. The van der Waals surface area contributed by atoms with Crippen LogP contribution in [0.5, 0.6) is 5.88 Å². The predicted molar refractivity (Wildman–Crippen MR) is 74.8 cm³/mol. The minimum atomic E-state index is 0.465. The van der Waals surface area contributed by atoms with E-state index in [1.807, 2.05) is 19.9 Å². The number of aliphatic imine (C=N–C) groups is 1. The van der Waals surface area contributed by atoms with Crippen molar-refractivity contribution in [1.82, 2.24) is 15.2 Å². The average molecular weight is 259 g/mol. The molecule has 0 unspecified atom stereocenters. The van der Waals surface area contributed by atoms with Gasteiger partial charge in [-0.2, -0.15) is 5.10 Å². The standard InChI is InChI=1S/C13H17N5O/c1-7-5-11(19-4)15-6-10(7)12-8(2)17-18-13(12)16-9(3)14/h5-6H,1-4H3,(H3,14,16,17,18). The van der Waals surface area contributed by atoms with E-state index in [0.717, 1.165) is 22.4 Å². The molecule has 100 valence electrons. The third-order valence-electron chi connectivity index (χ3n) is 2.77. The molecule has 0 saturated heterocycles. The van der Waals surface area contributed by atoms with Crippen LogP contribution in [0.3, 0.4) is 0 Å². The summed E-state index contributed by atoms with van der Waals surface area (Å²) in [5.74, 6) is 1.63. The van der Waals surface area contributed by atoms with Crippen LogP contribution in [0, 0.1) is 13.8 Å². The highest BCUT2D eigenvalue weighted by molar-refractivity contribution is 5.85. The zero-order valence-electron chi connectivity index (χ0n) is 11.5. The molecule has 6 nitrogen and oxygen atoms in total. The normalized spacial score (nSPS) is 11.7. The number of nitrogens with two attached hydrogens (primary N) is 1. The van der Waals surface area contributed by atoms with Crippen LogP contribution in [0.1, 0.15) is 18.2 Å². The van der Waals surface area contributed by atoms with E-state index in [1.165, 1.54) is 0 Å². The number of rotatable bonds is 3. The smallest absolute Gasteiger partial charge is 0.213 e. The zero-order valence-corrected chi connectivity index (χ0v) is 11.5. The minimum absolute atomic E-state index is 0.465. The van der Waals surface area contributed by atoms with Crippen molar-refractivity contribution in [2.75, 3.05) is 7.11 Å². The number of pyridine rings is 1. The third-order valence-corrected chi connectivity index (χ3v) is 2.77. The number of aromatic amines is 1. The number of H-pyrrole nitrogens is 1. The Hall–Kier alpha value is -2.37. The van der Waals surface area contributed by atoms with Gasteiger partial charge in [0.15, 0.2) is 5.82 Å². The number of hydrogen-bond acceptors (Lipinski definition) is 4. The maximum atomic E-state index is 5.62. The van der Waals surface area contributed by atoms with Gasteiger partial charge in [-0.05, 0) is 26.3 Å². The summed E-state index contributed by atoms with van der Waals surface area (Å²) < 4.78 is 5.11. The molecule has 0 saturated carbocycles. The largest absolute Gasteiger partial charge is 0.481 e. The van der Waals surface area contributed by atoms with Crippen molar-refractivity contribution in [3.8, 4) is 17.0 Å². The zero-order chi connectivity index (χ0) is 14.0. The molecule has 19 heavy (non-hydrogen) atoms. The van der Waals surface area contributed by atoms with E-state index in [9.17, 15) is 0 Å². The van der Waals surface area contributed by atoms with Gasteiger partial charge in [0, 0.05) is 23.5 Å². The van der Waals surface area contributed by atoms with Crippen molar-refractivity contribution in [2.24, 2.45) is 10.7 Å². The molecule has 2 heterocycles. The summed E-state index contributed by atoms with van der Waals surface area (Å²) in [6, 6.07) is 1.88. The van der Waals surface area contributed by atoms with Gasteiger partial charge in [0.25, 0.3) is 0 Å². The van der Waals surface area contributed by atoms with Crippen LogP contribution in [0.2, 0.25) is 0 Å². The van der Waals surface area contributed by atoms with Gasteiger partial charge in [-0.3, -0.25) is 5.10 Å². The van der Waals surface area contributed by atoms with E-state index < -0.39 is 0 Å². The maximum Gasteiger partial charge on any atom is 0.213 e. The minimum Gasteiger partial charge on any atom is -0.481 e. The molecule has 0 aliphatic rings. The Balaban J connectivity index is 2.59. The Morgan fingerprint density at radius 3 is 2.74 bits per heavy atom. The van der Waals surface area contributed by atoms with E-state index in [1.54, 1.807) is 20.2 Å². The lowest BCUT2D eigenvalue weighted by molar-refractivity contribution is 0.397. The van der Waals surface area contributed by atoms with Crippen LogP contribution >= 0.6 is 0 Å². The molecule has 0 aromatic carbocycles. The number of methoxy groups -OCH3 is 1. The fourth-order valence-electron chi connectivity index (χ4n) is 1.89. The molecule has 0 amide bonds. The molecule has 0 radical (unpaired) electrons. The fourth-order valence-corrected chi connectivity index (χ4v) is 1.89. The van der Waals surface area contributed by atoms with Gasteiger partial charge in [-0.25, -0.2) is 9.98 Å².